The Morgan fingerprint density at radius 2 is 2.18 bits per heavy atom. The lowest BCUT2D eigenvalue weighted by Crippen LogP contribution is -2.48. The summed E-state index contributed by atoms with van der Waals surface area (Å²) in [6, 6.07) is 0. The molecule has 1 N–H and O–H groups in total. The van der Waals surface area contributed by atoms with Gasteiger partial charge in [0, 0.05) is 24.6 Å². The predicted octanol–water partition coefficient (Wildman–Crippen LogP) is 1.17. The molecular formula is C15H22N2O5. The number of hydrogen-bond acceptors (Lipinski definition) is 5. The molecule has 1 aromatic rings. The lowest BCUT2D eigenvalue weighted by Gasteiger charge is -2.34. The largest absolute Gasteiger partial charge is 0.481 e. The van der Waals surface area contributed by atoms with Gasteiger partial charge in [0.2, 0.25) is 5.91 Å². The number of aromatic nitrogens is 1. The number of carbonyl (C=O) groups excluding carboxylic acids is 1. The fourth-order valence-corrected chi connectivity index (χ4v) is 2.74. The molecule has 1 aliphatic heterocycles. The minimum atomic E-state index is -0.914. The molecule has 0 unspecified atom stereocenters. The van der Waals surface area contributed by atoms with Crippen LogP contribution in [0.2, 0.25) is 0 Å². The van der Waals surface area contributed by atoms with Crippen molar-refractivity contribution in [1.82, 2.24) is 10.1 Å². The van der Waals surface area contributed by atoms with E-state index in [1.54, 1.807) is 4.90 Å². The number of aryl methyl sites for hydroxylation is 2. The van der Waals surface area contributed by atoms with Crippen LogP contribution in [0, 0.1) is 19.8 Å². The molecule has 2 rings (SSSR count). The molecule has 22 heavy (non-hydrogen) atoms. The Balaban J connectivity index is 1.96. The number of carboxylic acid groups (broad SMARTS) is 1. The molecule has 0 aromatic carbocycles. The van der Waals surface area contributed by atoms with E-state index >= 15 is 0 Å². The van der Waals surface area contributed by atoms with E-state index in [1.807, 2.05) is 20.8 Å². The number of ether oxygens (including phenoxy) is 1. The van der Waals surface area contributed by atoms with Gasteiger partial charge in [-0.1, -0.05) is 12.1 Å². The summed E-state index contributed by atoms with van der Waals surface area (Å²) >= 11 is 0. The number of carboxylic acids is 1. The first-order valence-corrected chi connectivity index (χ1v) is 7.42. The van der Waals surface area contributed by atoms with Gasteiger partial charge in [0.25, 0.3) is 0 Å². The highest BCUT2D eigenvalue weighted by molar-refractivity contribution is 5.79. The van der Waals surface area contributed by atoms with Crippen LogP contribution >= 0.6 is 0 Å². The lowest BCUT2D eigenvalue weighted by molar-refractivity contribution is -0.149. The van der Waals surface area contributed by atoms with Crippen molar-refractivity contribution in [2.45, 2.75) is 39.7 Å². The van der Waals surface area contributed by atoms with E-state index in [1.165, 1.54) is 0 Å². The van der Waals surface area contributed by atoms with Crippen LogP contribution in [0.5, 0.6) is 0 Å². The third-order valence-corrected chi connectivity index (χ3v) is 3.97. The first-order valence-electron chi connectivity index (χ1n) is 7.42. The number of morpholine rings is 1. The molecular weight excluding hydrogens is 288 g/mol. The minimum absolute atomic E-state index is 0.0127. The van der Waals surface area contributed by atoms with Gasteiger partial charge < -0.3 is 19.3 Å². The van der Waals surface area contributed by atoms with Gasteiger partial charge in [0.05, 0.1) is 24.8 Å². The molecule has 1 aliphatic rings. The maximum atomic E-state index is 12.6. The number of rotatable bonds is 5. The second-order valence-corrected chi connectivity index (χ2v) is 5.78. The first kappa shape index (κ1) is 16.5. The van der Waals surface area contributed by atoms with E-state index in [9.17, 15) is 9.59 Å². The lowest BCUT2D eigenvalue weighted by atomic mass is 9.98. The minimum Gasteiger partial charge on any atom is -0.481 e. The smallest absolute Gasteiger partial charge is 0.306 e. The SMILES string of the molecule is Cc1noc(C)c1C[C@H](C)C(=O)N1CCO[C@H](CC(=O)O)C1. The molecule has 1 aromatic heterocycles. The molecule has 7 nitrogen and oxygen atoms in total. The Morgan fingerprint density at radius 3 is 2.77 bits per heavy atom. The van der Waals surface area contributed by atoms with Gasteiger partial charge in [-0.2, -0.15) is 0 Å². The van der Waals surface area contributed by atoms with Gasteiger partial charge in [-0.25, -0.2) is 0 Å². The monoisotopic (exact) mass is 310 g/mol. The third kappa shape index (κ3) is 3.85. The maximum Gasteiger partial charge on any atom is 0.306 e. The highest BCUT2D eigenvalue weighted by atomic mass is 16.5. The zero-order valence-electron chi connectivity index (χ0n) is 13.2. The number of hydrogen-bond donors (Lipinski definition) is 1. The van der Waals surface area contributed by atoms with Crippen LogP contribution in [0.15, 0.2) is 4.52 Å². The summed E-state index contributed by atoms with van der Waals surface area (Å²) < 4.78 is 10.5. The maximum absolute atomic E-state index is 12.6. The summed E-state index contributed by atoms with van der Waals surface area (Å²) in [5, 5.41) is 12.7. The Labute approximate surface area is 129 Å². The fraction of sp³-hybridized carbons (Fsp3) is 0.667. The molecule has 0 spiro atoms. The Bertz CT molecular complexity index is 535. The topological polar surface area (TPSA) is 92.9 Å². The molecule has 0 saturated carbocycles. The zero-order valence-corrected chi connectivity index (χ0v) is 13.2. The molecule has 122 valence electrons. The van der Waals surface area contributed by atoms with Crippen LogP contribution in [-0.2, 0) is 20.7 Å². The summed E-state index contributed by atoms with van der Waals surface area (Å²) in [7, 11) is 0. The predicted molar refractivity (Wildman–Crippen MR) is 77.4 cm³/mol. The summed E-state index contributed by atoms with van der Waals surface area (Å²) in [5.74, 6) is -0.370. The Morgan fingerprint density at radius 1 is 1.45 bits per heavy atom. The summed E-state index contributed by atoms with van der Waals surface area (Å²) in [6.45, 7) is 6.78. The van der Waals surface area contributed by atoms with Crippen molar-refractivity contribution >= 4 is 11.9 Å². The van der Waals surface area contributed by atoms with Crippen LogP contribution in [0.1, 0.15) is 30.4 Å². The number of carbonyl (C=O) groups is 2. The molecule has 1 fully saturated rings. The second-order valence-electron chi connectivity index (χ2n) is 5.78. The number of nitrogens with zero attached hydrogens (tertiary/aromatic N) is 2. The van der Waals surface area contributed by atoms with Gasteiger partial charge in [-0.3, -0.25) is 9.59 Å². The van der Waals surface area contributed by atoms with Crippen molar-refractivity contribution in [2.75, 3.05) is 19.7 Å². The fourth-order valence-electron chi connectivity index (χ4n) is 2.74. The second kappa shape index (κ2) is 6.91. The molecule has 2 atom stereocenters. The van der Waals surface area contributed by atoms with Crippen LogP contribution in [0.4, 0.5) is 0 Å². The van der Waals surface area contributed by atoms with Crippen molar-refractivity contribution in [1.29, 1.82) is 0 Å². The highest BCUT2D eigenvalue weighted by Gasteiger charge is 2.29. The molecule has 0 radical (unpaired) electrons. The van der Waals surface area contributed by atoms with Crippen molar-refractivity contribution < 1.29 is 24.0 Å². The van der Waals surface area contributed by atoms with E-state index in [0.29, 0.717) is 26.1 Å². The van der Waals surface area contributed by atoms with Gasteiger partial charge >= 0.3 is 5.97 Å². The zero-order chi connectivity index (χ0) is 16.3. The summed E-state index contributed by atoms with van der Waals surface area (Å²) in [4.78, 5) is 25.0. The molecule has 7 heteroatoms. The standard InChI is InChI=1S/C15H22N2O5/c1-9(6-13-10(2)16-22-11(13)3)15(20)17-4-5-21-12(8-17)7-14(18)19/h9,12H,4-8H2,1-3H3,(H,18,19)/t9-,12+/m0/s1. The van der Waals surface area contributed by atoms with Crippen LogP contribution in [0.25, 0.3) is 0 Å². The van der Waals surface area contributed by atoms with E-state index in [2.05, 4.69) is 5.16 Å². The van der Waals surface area contributed by atoms with Crippen LogP contribution in [0.3, 0.4) is 0 Å². The Hall–Kier alpha value is -1.89. The van der Waals surface area contributed by atoms with E-state index in [0.717, 1.165) is 17.0 Å². The van der Waals surface area contributed by atoms with E-state index < -0.39 is 12.1 Å². The van der Waals surface area contributed by atoms with E-state index in [4.69, 9.17) is 14.4 Å². The quantitative estimate of drug-likeness (QED) is 0.877. The highest BCUT2D eigenvalue weighted by Crippen LogP contribution is 2.20. The van der Waals surface area contributed by atoms with Gasteiger partial charge in [0.15, 0.2) is 0 Å². The summed E-state index contributed by atoms with van der Waals surface area (Å²) in [5.41, 5.74) is 1.78. The first-order chi connectivity index (χ1) is 10.4. The number of aliphatic carboxylic acids is 1. The average Bonchev–Trinajstić information content (AvgIpc) is 2.78. The van der Waals surface area contributed by atoms with Crippen molar-refractivity contribution in [3.63, 3.8) is 0 Å². The molecule has 0 aliphatic carbocycles. The molecule has 1 amide bonds. The van der Waals surface area contributed by atoms with Gasteiger partial charge in [-0.15, -0.1) is 0 Å². The molecule has 0 bridgehead atoms. The molecule has 1 saturated heterocycles. The van der Waals surface area contributed by atoms with Crippen LogP contribution < -0.4 is 0 Å². The molecule has 2 heterocycles. The normalized spacial score (nSPS) is 20.0. The Kier molecular flexibility index (Phi) is 5.18. The third-order valence-electron chi connectivity index (χ3n) is 3.97. The van der Waals surface area contributed by atoms with E-state index in [-0.39, 0.29) is 18.2 Å². The van der Waals surface area contributed by atoms with Crippen molar-refractivity contribution in [2.24, 2.45) is 5.92 Å². The summed E-state index contributed by atoms with van der Waals surface area (Å²) in [6.07, 6.45) is 0.0599. The van der Waals surface area contributed by atoms with Crippen molar-refractivity contribution in [3.05, 3.63) is 17.0 Å². The average molecular weight is 310 g/mol. The number of amides is 1. The van der Waals surface area contributed by atoms with Crippen molar-refractivity contribution in [3.8, 4) is 0 Å². The van der Waals surface area contributed by atoms with Gasteiger partial charge in [0.1, 0.15) is 5.76 Å². The van der Waals surface area contributed by atoms with Crippen LogP contribution in [-0.4, -0.2) is 52.8 Å². The van der Waals surface area contributed by atoms with Gasteiger partial charge in [-0.05, 0) is 20.3 Å².